The van der Waals surface area contributed by atoms with Crippen molar-refractivity contribution in [3.05, 3.63) is 24.3 Å². The summed E-state index contributed by atoms with van der Waals surface area (Å²) in [5, 5.41) is 6.30. The average molecular weight is 377 g/mol. The van der Waals surface area contributed by atoms with Gasteiger partial charge in [-0.1, -0.05) is 6.92 Å². The number of hydrogen-bond donors (Lipinski definition) is 2. The summed E-state index contributed by atoms with van der Waals surface area (Å²) in [6, 6.07) is 6.37. The van der Waals surface area contributed by atoms with Crippen LogP contribution < -0.4 is 15.4 Å². The van der Waals surface area contributed by atoms with E-state index >= 15 is 0 Å². The molecule has 1 aliphatic heterocycles. The van der Waals surface area contributed by atoms with Gasteiger partial charge in [-0.05, 0) is 43.1 Å². The Kier molecular flexibility index (Phi) is 7.99. The average Bonchev–Trinajstić information content (AvgIpc) is 2.49. The van der Waals surface area contributed by atoms with Gasteiger partial charge in [0.2, 0.25) is 5.91 Å². The summed E-state index contributed by atoms with van der Waals surface area (Å²) < 4.78 is 28.2. The number of rotatable bonds is 6. The first-order valence-electron chi connectivity index (χ1n) is 7.79. The van der Waals surface area contributed by atoms with Crippen LogP contribution in [-0.2, 0) is 14.6 Å². The Balaban J connectivity index is 0.00000288. The van der Waals surface area contributed by atoms with Crippen LogP contribution in [0.15, 0.2) is 29.2 Å². The standard InChI is InChI=1S/C16H24N2O4S.ClH/c1-12-7-9-17-11-15(12)18-16(19)8-10-22-13-3-5-14(6-4-13)23(2,20)21;/h3-6,12,15,17H,7-11H2,1-2H3,(H,18,19);1H. The quantitative estimate of drug-likeness (QED) is 0.783. The van der Waals surface area contributed by atoms with Gasteiger partial charge < -0.3 is 15.4 Å². The number of sulfone groups is 1. The van der Waals surface area contributed by atoms with E-state index in [1.807, 2.05) is 0 Å². The van der Waals surface area contributed by atoms with Gasteiger partial charge in [0.05, 0.1) is 17.9 Å². The lowest BCUT2D eigenvalue weighted by Crippen LogP contribution is -2.50. The molecule has 1 heterocycles. The van der Waals surface area contributed by atoms with Gasteiger partial charge >= 0.3 is 0 Å². The monoisotopic (exact) mass is 376 g/mol. The Morgan fingerprint density at radius 2 is 2.00 bits per heavy atom. The molecule has 2 rings (SSSR count). The van der Waals surface area contributed by atoms with Crippen LogP contribution >= 0.6 is 12.4 Å². The van der Waals surface area contributed by atoms with Crippen LogP contribution in [0.25, 0.3) is 0 Å². The van der Waals surface area contributed by atoms with Crippen molar-refractivity contribution in [1.29, 1.82) is 0 Å². The highest BCUT2D eigenvalue weighted by Gasteiger charge is 2.22. The van der Waals surface area contributed by atoms with Gasteiger partial charge in [0.15, 0.2) is 9.84 Å². The Labute approximate surface area is 149 Å². The normalized spacial score (nSPS) is 20.8. The second-order valence-electron chi connectivity index (χ2n) is 5.99. The van der Waals surface area contributed by atoms with Gasteiger partial charge in [-0.15, -0.1) is 12.4 Å². The first-order chi connectivity index (χ1) is 10.9. The third-order valence-corrected chi connectivity index (χ3v) is 5.15. The molecule has 0 saturated carbocycles. The molecule has 6 nitrogen and oxygen atoms in total. The molecule has 1 aliphatic rings. The minimum absolute atomic E-state index is 0. The summed E-state index contributed by atoms with van der Waals surface area (Å²) >= 11 is 0. The van der Waals surface area contributed by atoms with E-state index in [0.29, 0.717) is 11.7 Å². The second-order valence-corrected chi connectivity index (χ2v) is 8.00. The van der Waals surface area contributed by atoms with Crippen molar-refractivity contribution >= 4 is 28.2 Å². The minimum atomic E-state index is -3.20. The fourth-order valence-electron chi connectivity index (χ4n) is 2.51. The number of hydrogen-bond acceptors (Lipinski definition) is 5. The molecule has 136 valence electrons. The molecule has 24 heavy (non-hydrogen) atoms. The largest absolute Gasteiger partial charge is 0.493 e. The first-order valence-corrected chi connectivity index (χ1v) is 9.68. The molecule has 2 N–H and O–H groups in total. The molecule has 1 saturated heterocycles. The van der Waals surface area contributed by atoms with Crippen molar-refractivity contribution in [3.63, 3.8) is 0 Å². The van der Waals surface area contributed by atoms with Crippen molar-refractivity contribution in [2.45, 2.75) is 30.7 Å². The molecular formula is C16H25ClN2O4S. The fourth-order valence-corrected chi connectivity index (χ4v) is 3.14. The summed E-state index contributed by atoms with van der Waals surface area (Å²) in [6.07, 6.45) is 2.50. The number of carbonyl (C=O) groups is 1. The maximum absolute atomic E-state index is 11.9. The molecular weight excluding hydrogens is 352 g/mol. The summed E-state index contributed by atoms with van der Waals surface area (Å²) in [5.41, 5.74) is 0. The van der Waals surface area contributed by atoms with E-state index in [-0.39, 0.29) is 42.3 Å². The molecule has 1 fully saturated rings. The van der Waals surface area contributed by atoms with Crippen LogP contribution in [0.3, 0.4) is 0 Å². The van der Waals surface area contributed by atoms with Gasteiger partial charge in [0.25, 0.3) is 0 Å². The third-order valence-electron chi connectivity index (χ3n) is 4.02. The first kappa shape index (κ1) is 20.7. The van der Waals surface area contributed by atoms with E-state index in [9.17, 15) is 13.2 Å². The zero-order chi connectivity index (χ0) is 16.9. The molecule has 2 unspecified atom stereocenters. The van der Waals surface area contributed by atoms with Gasteiger partial charge in [-0.3, -0.25) is 4.79 Å². The van der Waals surface area contributed by atoms with Crippen LogP contribution in [-0.4, -0.2) is 46.3 Å². The topological polar surface area (TPSA) is 84.5 Å². The van der Waals surface area contributed by atoms with Crippen molar-refractivity contribution in [2.75, 3.05) is 26.0 Å². The van der Waals surface area contributed by atoms with Crippen molar-refractivity contribution in [1.82, 2.24) is 10.6 Å². The Morgan fingerprint density at radius 1 is 1.33 bits per heavy atom. The van der Waals surface area contributed by atoms with E-state index in [0.717, 1.165) is 25.8 Å². The second kappa shape index (κ2) is 9.25. The predicted molar refractivity (Wildman–Crippen MR) is 95.5 cm³/mol. The number of halogens is 1. The molecule has 0 spiro atoms. The highest BCUT2D eigenvalue weighted by Crippen LogP contribution is 2.16. The maximum Gasteiger partial charge on any atom is 0.223 e. The van der Waals surface area contributed by atoms with Gasteiger partial charge in [-0.25, -0.2) is 8.42 Å². The van der Waals surface area contributed by atoms with E-state index in [1.165, 1.54) is 12.1 Å². The number of benzene rings is 1. The van der Waals surface area contributed by atoms with Crippen LogP contribution in [0.5, 0.6) is 5.75 Å². The molecule has 2 atom stereocenters. The van der Waals surface area contributed by atoms with Gasteiger partial charge in [0.1, 0.15) is 5.75 Å². The number of carbonyl (C=O) groups excluding carboxylic acids is 1. The van der Waals surface area contributed by atoms with Crippen LogP contribution in [0, 0.1) is 5.92 Å². The highest BCUT2D eigenvalue weighted by molar-refractivity contribution is 7.90. The van der Waals surface area contributed by atoms with Crippen molar-refractivity contribution in [2.24, 2.45) is 5.92 Å². The SMILES string of the molecule is CC1CCNCC1NC(=O)CCOc1ccc(S(C)(=O)=O)cc1.Cl. The smallest absolute Gasteiger partial charge is 0.223 e. The molecule has 1 aromatic rings. The van der Waals surface area contributed by atoms with Gasteiger partial charge in [0, 0.05) is 18.8 Å². The third kappa shape index (κ3) is 6.30. The minimum Gasteiger partial charge on any atom is -0.493 e. The molecule has 0 aliphatic carbocycles. The van der Waals surface area contributed by atoms with E-state index < -0.39 is 9.84 Å². The summed E-state index contributed by atoms with van der Waals surface area (Å²) in [5.74, 6) is 1.00. The zero-order valence-electron chi connectivity index (χ0n) is 13.9. The Bertz CT molecular complexity index is 634. The lowest BCUT2D eigenvalue weighted by molar-refractivity contribution is -0.122. The summed E-state index contributed by atoms with van der Waals surface area (Å²) in [7, 11) is -3.20. The number of nitrogens with one attached hydrogen (secondary N) is 2. The highest BCUT2D eigenvalue weighted by atomic mass is 35.5. The zero-order valence-corrected chi connectivity index (χ0v) is 15.6. The molecule has 0 bridgehead atoms. The van der Waals surface area contributed by atoms with E-state index in [2.05, 4.69) is 17.6 Å². The van der Waals surface area contributed by atoms with E-state index in [1.54, 1.807) is 12.1 Å². The number of piperidine rings is 1. The lowest BCUT2D eigenvalue weighted by Gasteiger charge is -2.30. The molecule has 0 radical (unpaired) electrons. The van der Waals surface area contributed by atoms with Crippen molar-refractivity contribution in [3.8, 4) is 5.75 Å². The molecule has 8 heteroatoms. The van der Waals surface area contributed by atoms with Crippen LogP contribution in [0.4, 0.5) is 0 Å². The Morgan fingerprint density at radius 3 is 2.58 bits per heavy atom. The van der Waals surface area contributed by atoms with Crippen LogP contribution in [0.2, 0.25) is 0 Å². The lowest BCUT2D eigenvalue weighted by atomic mass is 9.95. The summed E-state index contributed by atoms with van der Waals surface area (Å²) in [4.78, 5) is 12.2. The van der Waals surface area contributed by atoms with Gasteiger partial charge in [-0.2, -0.15) is 0 Å². The van der Waals surface area contributed by atoms with Crippen molar-refractivity contribution < 1.29 is 17.9 Å². The Hall–Kier alpha value is -1.31. The number of amides is 1. The predicted octanol–water partition coefficient (Wildman–Crippen LogP) is 1.40. The fraction of sp³-hybridized carbons (Fsp3) is 0.562. The molecule has 1 amide bonds. The summed E-state index contributed by atoms with van der Waals surface area (Å²) in [6.45, 7) is 4.21. The van der Waals surface area contributed by atoms with E-state index in [4.69, 9.17) is 4.74 Å². The number of ether oxygens (including phenoxy) is 1. The molecule has 1 aromatic carbocycles. The maximum atomic E-state index is 11.9. The van der Waals surface area contributed by atoms with Crippen LogP contribution in [0.1, 0.15) is 19.8 Å². The molecule has 0 aromatic heterocycles.